The topological polar surface area (TPSA) is 53.6 Å². The molecule has 0 atom stereocenters. The molecule has 2 aliphatic rings. The molecule has 1 heterocycles. The Kier molecular flexibility index (Phi) is 5.22. The first-order valence-corrected chi connectivity index (χ1v) is 6.72. The number of hydrogen-bond donors (Lipinski definition) is 2. The second kappa shape index (κ2) is 6.93. The molecule has 0 aromatic heterocycles. The van der Waals surface area contributed by atoms with Crippen molar-refractivity contribution in [2.75, 3.05) is 32.7 Å². The Balaban J connectivity index is 1.61. The molecule has 1 aliphatic heterocycles. The van der Waals surface area contributed by atoms with Crippen LogP contribution in [0.15, 0.2) is 0 Å². The van der Waals surface area contributed by atoms with Gasteiger partial charge in [0.2, 0.25) is 0 Å². The summed E-state index contributed by atoms with van der Waals surface area (Å²) in [7, 11) is 0. The van der Waals surface area contributed by atoms with Gasteiger partial charge in [-0.1, -0.05) is 12.8 Å². The van der Waals surface area contributed by atoms with Gasteiger partial charge in [0.25, 0.3) is 5.91 Å². The molecule has 1 saturated carbocycles. The standard InChI is InChI=1S/C12H23N3O2/c16-12(14-17-11-4-1-2-5-11)10-15-8-3-6-13-7-9-15/h11,13H,1-10H2,(H,14,16). The monoisotopic (exact) mass is 241 g/mol. The molecule has 2 fully saturated rings. The summed E-state index contributed by atoms with van der Waals surface area (Å²) >= 11 is 0. The van der Waals surface area contributed by atoms with Crippen LogP contribution in [0.4, 0.5) is 0 Å². The highest BCUT2D eigenvalue weighted by Crippen LogP contribution is 2.19. The SMILES string of the molecule is O=C(CN1CCCNCC1)NOC1CCCC1. The highest BCUT2D eigenvalue weighted by Gasteiger charge is 2.18. The van der Waals surface area contributed by atoms with E-state index in [1.807, 2.05) is 0 Å². The Bertz CT molecular complexity index is 234. The highest BCUT2D eigenvalue weighted by molar-refractivity contribution is 5.76. The molecule has 5 heteroatoms. The van der Waals surface area contributed by atoms with Gasteiger partial charge in [-0.25, -0.2) is 5.48 Å². The van der Waals surface area contributed by atoms with Gasteiger partial charge in [0.15, 0.2) is 0 Å². The van der Waals surface area contributed by atoms with Gasteiger partial charge in [-0.2, -0.15) is 0 Å². The van der Waals surface area contributed by atoms with Crippen LogP contribution in [0.3, 0.4) is 0 Å². The van der Waals surface area contributed by atoms with Gasteiger partial charge < -0.3 is 5.32 Å². The highest BCUT2D eigenvalue weighted by atomic mass is 16.7. The van der Waals surface area contributed by atoms with Gasteiger partial charge in [-0.05, 0) is 32.4 Å². The van der Waals surface area contributed by atoms with Crippen LogP contribution in [-0.4, -0.2) is 49.6 Å². The molecular formula is C12H23N3O2. The number of amides is 1. The summed E-state index contributed by atoms with van der Waals surface area (Å²) in [6.07, 6.45) is 5.94. The fourth-order valence-electron chi connectivity index (χ4n) is 2.45. The fraction of sp³-hybridized carbons (Fsp3) is 0.917. The first-order chi connectivity index (χ1) is 8.34. The summed E-state index contributed by atoms with van der Waals surface area (Å²) in [5.41, 5.74) is 2.59. The number of nitrogens with one attached hydrogen (secondary N) is 2. The number of nitrogens with zero attached hydrogens (tertiary/aromatic N) is 1. The maximum absolute atomic E-state index is 11.7. The Morgan fingerprint density at radius 2 is 2.06 bits per heavy atom. The summed E-state index contributed by atoms with van der Waals surface area (Å²) < 4.78 is 0. The van der Waals surface area contributed by atoms with Crippen molar-refractivity contribution in [1.29, 1.82) is 0 Å². The summed E-state index contributed by atoms with van der Waals surface area (Å²) in [6.45, 7) is 4.41. The predicted molar refractivity (Wildman–Crippen MR) is 65.4 cm³/mol. The third kappa shape index (κ3) is 4.61. The van der Waals surface area contributed by atoms with E-state index >= 15 is 0 Å². The van der Waals surface area contributed by atoms with Crippen LogP contribution in [0.1, 0.15) is 32.1 Å². The molecule has 17 heavy (non-hydrogen) atoms. The average molecular weight is 241 g/mol. The second-order valence-corrected chi connectivity index (χ2v) is 4.93. The third-order valence-corrected chi connectivity index (χ3v) is 3.44. The van der Waals surface area contributed by atoms with Crippen molar-refractivity contribution in [1.82, 2.24) is 15.7 Å². The summed E-state index contributed by atoms with van der Waals surface area (Å²) in [6, 6.07) is 0. The minimum atomic E-state index is -0.0150. The molecule has 2 rings (SSSR count). The predicted octanol–water partition coefficient (Wildman–Crippen LogP) is 0.272. The summed E-state index contributed by atoms with van der Waals surface area (Å²) in [4.78, 5) is 19.3. The summed E-state index contributed by atoms with van der Waals surface area (Å²) in [5, 5.41) is 3.32. The van der Waals surface area contributed by atoms with E-state index in [2.05, 4.69) is 15.7 Å². The largest absolute Gasteiger partial charge is 0.315 e. The number of carbonyl (C=O) groups is 1. The Hall–Kier alpha value is -0.650. The molecule has 0 unspecified atom stereocenters. The van der Waals surface area contributed by atoms with Crippen LogP contribution >= 0.6 is 0 Å². The lowest BCUT2D eigenvalue weighted by Gasteiger charge is -2.19. The molecular weight excluding hydrogens is 218 g/mol. The Morgan fingerprint density at radius 3 is 2.88 bits per heavy atom. The van der Waals surface area contributed by atoms with Crippen molar-refractivity contribution in [2.45, 2.75) is 38.2 Å². The van der Waals surface area contributed by atoms with E-state index in [0.29, 0.717) is 6.54 Å². The molecule has 1 amide bonds. The van der Waals surface area contributed by atoms with Crippen LogP contribution in [0.2, 0.25) is 0 Å². The minimum Gasteiger partial charge on any atom is -0.315 e. The van der Waals surface area contributed by atoms with E-state index in [9.17, 15) is 4.79 Å². The average Bonchev–Trinajstić information content (AvgIpc) is 2.72. The van der Waals surface area contributed by atoms with E-state index < -0.39 is 0 Å². The number of rotatable bonds is 4. The van der Waals surface area contributed by atoms with E-state index in [-0.39, 0.29) is 12.0 Å². The molecule has 98 valence electrons. The minimum absolute atomic E-state index is 0.0150. The molecule has 0 aromatic rings. The maximum Gasteiger partial charge on any atom is 0.257 e. The van der Waals surface area contributed by atoms with Crippen molar-refractivity contribution < 1.29 is 9.63 Å². The molecule has 2 N–H and O–H groups in total. The van der Waals surface area contributed by atoms with Crippen LogP contribution < -0.4 is 10.8 Å². The Labute approximate surface area is 103 Å². The molecule has 0 aromatic carbocycles. The van der Waals surface area contributed by atoms with Crippen molar-refractivity contribution in [3.8, 4) is 0 Å². The van der Waals surface area contributed by atoms with Gasteiger partial charge in [-0.3, -0.25) is 14.5 Å². The number of hydrogen-bond acceptors (Lipinski definition) is 4. The molecule has 0 radical (unpaired) electrons. The third-order valence-electron chi connectivity index (χ3n) is 3.44. The fourth-order valence-corrected chi connectivity index (χ4v) is 2.45. The van der Waals surface area contributed by atoms with Crippen LogP contribution in [0, 0.1) is 0 Å². The van der Waals surface area contributed by atoms with Gasteiger partial charge in [0.1, 0.15) is 0 Å². The maximum atomic E-state index is 11.7. The van der Waals surface area contributed by atoms with E-state index in [1.54, 1.807) is 0 Å². The molecule has 1 saturated heterocycles. The molecule has 0 spiro atoms. The lowest BCUT2D eigenvalue weighted by molar-refractivity contribution is -0.139. The van der Waals surface area contributed by atoms with Gasteiger partial charge in [-0.15, -0.1) is 0 Å². The van der Waals surface area contributed by atoms with E-state index in [1.165, 1.54) is 12.8 Å². The van der Waals surface area contributed by atoms with Gasteiger partial charge in [0, 0.05) is 13.1 Å². The lowest BCUT2D eigenvalue weighted by atomic mass is 10.3. The van der Waals surface area contributed by atoms with E-state index in [0.717, 1.165) is 45.4 Å². The van der Waals surface area contributed by atoms with Crippen molar-refractivity contribution in [2.24, 2.45) is 0 Å². The number of carbonyl (C=O) groups excluding carboxylic acids is 1. The zero-order chi connectivity index (χ0) is 11.9. The van der Waals surface area contributed by atoms with Crippen LogP contribution in [0.5, 0.6) is 0 Å². The molecule has 5 nitrogen and oxygen atoms in total. The van der Waals surface area contributed by atoms with Crippen LogP contribution in [-0.2, 0) is 9.63 Å². The summed E-state index contributed by atoms with van der Waals surface area (Å²) in [5.74, 6) is -0.0150. The molecule has 0 bridgehead atoms. The first kappa shape index (κ1) is 12.8. The molecule has 1 aliphatic carbocycles. The normalized spacial score (nSPS) is 23.5. The van der Waals surface area contributed by atoms with E-state index in [4.69, 9.17) is 4.84 Å². The van der Waals surface area contributed by atoms with Crippen molar-refractivity contribution in [3.05, 3.63) is 0 Å². The van der Waals surface area contributed by atoms with Gasteiger partial charge in [0.05, 0.1) is 12.6 Å². The Morgan fingerprint density at radius 1 is 1.24 bits per heavy atom. The van der Waals surface area contributed by atoms with Crippen molar-refractivity contribution >= 4 is 5.91 Å². The van der Waals surface area contributed by atoms with Crippen molar-refractivity contribution in [3.63, 3.8) is 0 Å². The second-order valence-electron chi connectivity index (χ2n) is 4.93. The van der Waals surface area contributed by atoms with Crippen LogP contribution in [0.25, 0.3) is 0 Å². The lowest BCUT2D eigenvalue weighted by Crippen LogP contribution is -2.40. The zero-order valence-corrected chi connectivity index (χ0v) is 10.4. The quantitative estimate of drug-likeness (QED) is 0.694. The van der Waals surface area contributed by atoms with Gasteiger partial charge >= 0.3 is 0 Å². The zero-order valence-electron chi connectivity index (χ0n) is 10.4. The smallest absolute Gasteiger partial charge is 0.257 e. The number of hydroxylamine groups is 1. The first-order valence-electron chi connectivity index (χ1n) is 6.72.